The molecule has 1 spiro atoms. The van der Waals surface area contributed by atoms with Crippen molar-refractivity contribution in [2.45, 2.75) is 52.5 Å². The van der Waals surface area contributed by atoms with Crippen molar-refractivity contribution >= 4 is 11.9 Å². The van der Waals surface area contributed by atoms with Crippen LogP contribution < -0.4 is 9.64 Å². The number of likely N-dealkylation sites (tertiary alicyclic amines) is 1. The fourth-order valence-electron chi connectivity index (χ4n) is 4.41. The Morgan fingerprint density at radius 3 is 2.21 bits per heavy atom. The number of halogens is 3. The molecule has 0 aliphatic carbocycles. The van der Waals surface area contributed by atoms with E-state index in [1.807, 2.05) is 33.8 Å². The van der Waals surface area contributed by atoms with E-state index >= 15 is 0 Å². The van der Waals surface area contributed by atoms with Crippen LogP contribution in [0, 0.1) is 12.3 Å². The van der Waals surface area contributed by atoms with Gasteiger partial charge in [-0.2, -0.15) is 5.10 Å². The fourth-order valence-corrected chi connectivity index (χ4v) is 4.41. The third-order valence-electron chi connectivity index (χ3n) is 6.04. The lowest BCUT2D eigenvalue weighted by Gasteiger charge is -2.53. The number of hydrogen-bond acceptors (Lipinski definition) is 5. The number of hydrogen-bond donors (Lipinski definition) is 0. The SMILES string of the molecule is Cc1cc(N2CCC3(CC2)CN(C(=O)OC(C)(C)C)C3)nn1-c1ccc(OC(F)(F)F)cc1. The van der Waals surface area contributed by atoms with Gasteiger partial charge < -0.3 is 19.3 Å². The largest absolute Gasteiger partial charge is 0.573 e. The van der Waals surface area contributed by atoms with Gasteiger partial charge >= 0.3 is 12.5 Å². The average molecular weight is 467 g/mol. The Kier molecular flexibility index (Phi) is 5.74. The predicted molar refractivity (Wildman–Crippen MR) is 117 cm³/mol. The Balaban J connectivity index is 1.35. The van der Waals surface area contributed by atoms with Crippen LogP contribution in [0.1, 0.15) is 39.3 Å². The molecule has 33 heavy (non-hydrogen) atoms. The maximum absolute atomic E-state index is 12.4. The molecule has 1 aromatic heterocycles. The number of rotatable bonds is 3. The van der Waals surface area contributed by atoms with Gasteiger partial charge in [-0.1, -0.05) is 0 Å². The summed E-state index contributed by atoms with van der Waals surface area (Å²) in [5.41, 5.74) is 1.19. The highest BCUT2D eigenvalue weighted by molar-refractivity contribution is 5.69. The van der Waals surface area contributed by atoms with Gasteiger partial charge in [0.15, 0.2) is 5.82 Å². The Morgan fingerprint density at radius 2 is 1.67 bits per heavy atom. The molecule has 7 nitrogen and oxygen atoms in total. The summed E-state index contributed by atoms with van der Waals surface area (Å²) in [6, 6.07) is 7.64. The molecule has 0 N–H and O–H groups in total. The second-order valence-corrected chi connectivity index (χ2v) is 9.92. The molecule has 10 heteroatoms. The van der Waals surface area contributed by atoms with Crippen molar-refractivity contribution in [2.75, 3.05) is 31.1 Å². The van der Waals surface area contributed by atoms with Crippen molar-refractivity contribution in [2.24, 2.45) is 5.41 Å². The quantitative estimate of drug-likeness (QED) is 0.643. The molecule has 4 rings (SSSR count). The van der Waals surface area contributed by atoms with Gasteiger partial charge in [-0.3, -0.25) is 0 Å². The van der Waals surface area contributed by atoms with E-state index in [1.165, 1.54) is 12.1 Å². The number of anilines is 1. The summed E-state index contributed by atoms with van der Waals surface area (Å²) in [5.74, 6) is 0.569. The number of carbonyl (C=O) groups excluding carboxylic acids is 1. The third kappa shape index (κ3) is 5.36. The number of ether oxygens (including phenoxy) is 2. The molecule has 0 radical (unpaired) electrons. The number of amides is 1. The Labute approximate surface area is 191 Å². The zero-order valence-electron chi connectivity index (χ0n) is 19.3. The van der Waals surface area contributed by atoms with E-state index in [2.05, 4.69) is 14.7 Å². The number of nitrogens with zero attached hydrogens (tertiary/aromatic N) is 4. The molecule has 0 bridgehead atoms. The number of piperidine rings is 1. The van der Waals surface area contributed by atoms with Gasteiger partial charge in [0.25, 0.3) is 0 Å². The normalized spacial score (nSPS) is 18.3. The highest BCUT2D eigenvalue weighted by Gasteiger charge is 2.48. The highest BCUT2D eigenvalue weighted by Crippen LogP contribution is 2.42. The van der Waals surface area contributed by atoms with Gasteiger partial charge in [0.2, 0.25) is 0 Å². The minimum atomic E-state index is -4.72. The number of alkyl halides is 3. The lowest BCUT2D eigenvalue weighted by atomic mass is 9.72. The van der Waals surface area contributed by atoms with E-state index in [9.17, 15) is 18.0 Å². The summed E-state index contributed by atoms with van der Waals surface area (Å²) < 4.78 is 48.2. The van der Waals surface area contributed by atoms with E-state index in [-0.39, 0.29) is 17.3 Å². The molecule has 3 heterocycles. The average Bonchev–Trinajstić information content (AvgIpc) is 3.06. The topological polar surface area (TPSA) is 59.8 Å². The minimum Gasteiger partial charge on any atom is -0.444 e. The van der Waals surface area contributed by atoms with Crippen LogP contribution in [0.5, 0.6) is 5.75 Å². The van der Waals surface area contributed by atoms with Crippen LogP contribution in [0.4, 0.5) is 23.8 Å². The maximum Gasteiger partial charge on any atom is 0.573 e. The molecule has 0 saturated carbocycles. The van der Waals surface area contributed by atoms with Crippen LogP contribution in [0.15, 0.2) is 30.3 Å². The summed E-state index contributed by atoms with van der Waals surface area (Å²) in [5, 5.41) is 4.68. The highest BCUT2D eigenvalue weighted by atomic mass is 19.4. The van der Waals surface area contributed by atoms with Crippen molar-refractivity contribution < 1.29 is 27.4 Å². The molecular formula is C23H29F3N4O3. The molecule has 180 valence electrons. The molecule has 0 unspecified atom stereocenters. The molecule has 1 aromatic carbocycles. The molecule has 0 atom stereocenters. The monoisotopic (exact) mass is 466 g/mol. The Bertz CT molecular complexity index is 995. The number of carbonyl (C=O) groups is 1. The summed E-state index contributed by atoms with van der Waals surface area (Å²) >= 11 is 0. The molecule has 2 aliphatic heterocycles. The van der Waals surface area contributed by atoms with Gasteiger partial charge in [-0.15, -0.1) is 13.2 Å². The number of aryl methyl sites for hydroxylation is 1. The zero-order valence-corrected chi connectivity index (χ0v) is 19.3. The van der Waals surface area contributed by atoms with Gasteiger partial charge in [0.1, 0.15) is 11.4 Å². The first-order valence-corrected chi connectivity index (χ1v) is 11.0. The van der Waals surface area contributed by atoms with Gasteiger partial charge in [0.05, 0.1) is 5.69 Å². The first kappa shape index (κ1) is 23.3. The van der Waals surface area contributed by atoms with Crippen molar-refractivity contribution in [1.82, 2.24) is 14.7 Å². The number of aromatic nitrogens is 2. The molecule has 2 aromatic rings. The van der Waals surface area contributed by atoms with Crippen molar-refractivity contribution in [3.8, 4) is 11.4 Å². The first-order valence-electron chi connectivity index (χ1n) is 11.0. The Hall–Kier alpha value is -2.91. The molecule has 2 saturated heterocycles. The van der Waals surface area contributed by atoms with Gasteiger partial charge in [-0.05, 0) is 64.8 Å². The van der Waals surface area contributed by atoms with Crippen molar-refractivity contribution in [3.05, 3.63) is 36.0 Å². The Morgan fingerprint density at radius 1 is 1.06 bits per heavy atom. The minimum absolute atomic E-state index is 0.138. The second-order valence-electron chi connectivity index (χ2n) is 9.92. The van der Waals surface area contributed by atoms with E-state index < -0.39 is 12.0 Å². The summed E-state index contributed by atoms with van der Waals surface area (Å²) in [6.45, 7) is 10.6. The summed E-state index contributed by atoms with van der Waals surface area (Å²) in [6.07, 6.45) is -3.05. The lowest BCUT2D eigenvalue weighted by Crippen LogP contribution is -2.62. The van der Waals surface area contributed by atoms with Crippen molar-refractivity contribution in [3.63, 3.8) is 0 Å². The lowest BCUT2D eigenvalue weighted by molar-refractivity contribution is -0.274. The predicted octanol–water partition coefficient (Wildman–Crippen LogP) is 4.92. The van der Waals surface area contributed by atoms with E-state index in [0.717, 1.165) is 50.5 Å². The van der Waals surface area contributed by atoms with Crippen LogP contribution in [0.3, 0.4) is 0 Å². The van der Waals surface area contributed by atoms with Crippen LogP contribution >= 0.6 is 0 Å². The molecule has 2 fully saturated rings. The standard InChI is InChI=1S/C23H29F3N4O3/c1-16-13-19(27-30(16)17-5-7-18(8-6-17)32-23(24,25)26)28-11-9-22(10-12-28)14-29(15-22)20(31)33-21(2,3)4/h5-8,13H,9-12,14-15H2,1-4H3. The molecule has 1 amide bonds. The van der Waals surface area contributed by atoms with Crippen LogP contribution in [0.25, 0.3) is 5.69 Å². The molecule has 2 aliphatic rings. The van der Waals surface area contributed by atoms with E-state index in [1.54, 1.807) is 21.7 Å². The van der Waals surface area contributed by atoms with Gasteiger partial charge in [-0.25, -0.2) is 9.48 Å². The first-order chi connectivity index (χ1) is 15.3. The van der Waals surface area contributed by atoms with E-state index in [0.29, 0.717) is 5.69 Å². The van der Waals surface area contributed by atoms with E-state index in [4.69, 9.17) is 4.74 Å². The summed E-state index contributed by atoms with van der Waals surface area (Å²) in [4.78, 5) is 16.2. The zero-order chi connectivity index (χ0) is 24.0. The van der Waals surface area contributed by atoms with Crippen LogP contribution in [-0.4, -0.2) is 58.9 Å². The van der Waals surface area contributed by atoms with Gasteiger partial charge in [0, 0.05) is 43.4 Å². The van der Waals surface area contributed by atoms with Crippen molar-refractivity contribution in [1.29, 1.82) is 0 Å². The van der Waals surface area contributed by atoms with Crippen LogP contribution in [-0.2, 0) is 4.74 Å². The fraction of sp³-hybridized carbons (Fsp3) is 0.565. The van der Waals surface area contributed by atoms with Crippen LogP contribution in [0.2, 0.25) is 0 Å². The molecular weight excluding hydrogens is 437 g/mol. The number of benzene rings is 1. The second kappa shape index (κ2) is 8.14. The smallest absolute Gasteiger partial charge is 0.444 e. The summed E-state index contributed by atoms with van der Waals surface area (Å²) in [7, 11) is 0. The maximum atomic E-state index is 12.4. The third-order valence-corrected chi connectivity index (χ3v) is 6.04.